The van der Waals surface area contributed by atoms with Crippen LogP contribution < -0.4 is 30.2 Å². The normalized spacial score (nSPS) is 10.9. The molecule has 9 nitrogen and oxygen atoms in total. The van der Waals surface area contributed by atoms with E-state index in [0.29, 0.717) is 44.8 Å². The van der Waals surface area contributed by atoms with E-state index in [1.165, 1.54) is 33.1 Å². The van der Waals surface area contributed by atoms with Gasteiger partial charge in [0.25, 0.3) is 11.8 Å². The average Bonchev–Trinajstić information content (AvgIpc) is 3.04. The molecule has 0 atom stereocenters. The molecule has 0 unspecified atom stereocenters. The first-order valence-electron chi connectivity index (χ1n) is 13.3. The van der Waals surface area contributed by atoms with E-state index in [9.17, 15) is 14.4 Å². The lowest BCUT2D eigenvalue weighted by Gasteiger charge is -2.13. The van der Waals surface area contributed by atoms with E-state index in [1.54, 1.807) is 84.9 Å². The maximum Gasteiger partial charge on any atom is 0.272 e. The second-order valence-electron chi connectivity index (χ2n) is 9.12. The lowest BCUT2D eigenvalue weighted by atomic mass is 10.1. The largest absolute Gasteiger partial charge is 0.496 e. The number of carbonyl (C=O) groups excluding carboxylic acids is 3. The van der Waals surface area contributed by atoms with Gasteiger partial charge in [-0.15, -0.1) is 11.8 Å². The number of carbonyl (C=O) groups is 3. The number of methoxy groups -OCH3 is 3. The lowest BCUT2D eigenvalue weighted by molar-refractivity contribution is -0.114. The summed E-state index contributed by atoms with van der Waals surface area (Å²) in [6, 6.07) is 25.9. The molecule has 3 amide bonds. The van der Waals surface area contributed by atoms with Crippen molar-refractivity contribution in [2.24, 2.45) is 0 Å². The van der Waals surface area contributed by atoms with E-state index in [-0.39, 0.29) is 17.4 Å². The Hall–Kier alpha value is -4.93. The summed E-state index contributed by atoms with van der Waals surface area (Å²) < 4.78 is 15.9. The van der Waals surface area contributed by atoms with Crippen molar-refractivity contribution >= 4 is 58.5 Å². The smallest absolute Gasteiger partial charge is 0.272 e. The van der Waals surface area contributed by atoms with Crippen LogP contribution in [0.15, 0.2) is 102 Å². The van der Waals surface area contributed by atoms with E-state index >= 15 is 0 Å². The molecule has 11 heteroatoms. The fourth-order valence-electron chi connectivity index (χ4n) is 4.01. The third kappa shape index (κ3) is 8.56. The molecule has 0 aliphatic heterocycles. The molecule has 0 radical (unpaired) electrons. The van der Waals surface area contributed by atoms with Gasteiger partial charge in [-0.25, -0.2) is 0 Å². The van der Waals surface area contributed by atoms with Crippen LogP contribution in [-0.4, -0.2) is 44.8 Å². The monoisotopic (exact) mass is 631 g/mol. The molecule has 226 valence electrons. The fourth-order valence-corrected chi connectivity index (χ4v) is 4.95. The minimum Gasteiger partial charge on any atom is -0.496 e. The number of thioether (sulfide) groups is 1. The summed E-state index contributed by atoms with van der Waals surface area (Å²) in [4.78, 5) is 39.7. The van der Waals surface area contributed by atoms with Crippen molar-refractivity contribution in [1.82, 2.24) is 5.32 Å². The molecule has 0 saturated carbocycles. The Bertz CT molecular complexity index is 1660. The molecule has 4 aromatic carbocycles. The minimum atomic E-state index is -0.521. The summed E-state index contributed by atoms with van der Waals surface area (Å²) in [7, 11) is 4.51. The van der Waals surface area contributed by atoms with Crippen LogP contribution in [0, 0.1) is 0 Å². The van der Waals surface area contributed by atoms with Gasteiger partial charge in [0, 0.05) is 27.8 Å². The number of rotatable bonds is 12. The molecule has 44 heavy (non-hydrogen) atoms. The highest BCUT2D eigenvalue weighted by atomic mass is 35.5. The van der Waals surface area contributed by atoms with Gasteiger partial charge in [0.2, 0.25) is 5.91 Å². The lowest BCUT2D eigenvalue weighted by Crippen LogP contribution is -2.30. The molecule has 0 heterocycles. The Labute approximate surface area is 264 Å². The van der Waals surface area contributed by atoms with Crippen molar-refractivity contribution in [2.75, 3.05) is 37.7 Å². The summed E-state index contributed by atoms with van der Waals surface area (Å²) in [5.41, 5.74) is 1.99. The van der Waals surface area contributed by atoms with Crippen molar-refractivity contribution in [3.63, 3.8) is 0 Å². The van der Waals surface area contributed by atoms with Crippen molar-refractivity contribution in [3.8, 4) is 17.2 Å². The fraction of sp³-hybridized carbons (Fsp3) is 0.121. The number of halogens is 1. The molecule has 4 aromatic rings. The number of para-hydroxylation sites is 1. The van der Waals surface area contributed by atoms with Crippen LogP contribution in [0.5, 0.6) is 17.2 Å². The summed E-state index contributed by atoms with van der Waals surface area (Å²) in [5.74, 6) is 0.315. The maximum absolute atomic E-state index is 13.4. The quantitative estimate of drug-likeness (QED) is 0.121. The maximum atomic E-state index is 13.4. The van der Waals surface area contributed by atoms with Gasteiger partial charge in [-0.2, -0.15) is 0 Å². The van der Waals surface area contributed by atoms with Gasteiger partial charge in [-0.3, -0.25) is 14.4 Å². The second-order valence-corrected chi connectivity index (χ2v) is 10.6. The molecule has 0 aliphatic rings. The first-order chi connectivity index (χ1) is 21.3. The number of anilines is 2. The predicted octanol–water partition coefficient (Wildman–Crippen LogP) is 6.51. The van der Waals surface area contributed by atoms with E-state index in [1.807, 2.05) is 12.1 Å². The molecule has 0 aliphatic carbocycles. The molecule has 0 spiro atoms. The number of amides is 3. The highest BCUT2D eigenvalue weighted by Crippen LogP contribution is 2.36. The molecule has 0 bridgehead atoms. The third-order valence-electron chi connectivity index (χ3n) is 6.20. The first kappa shape index (κ1) is 32.0. The van der Waals surface area contributed by atoms with Crippen LogP contribution >= 0.6 is 23.4 Å². The van der Waals surface area contributed by atoms with Gasteiger partial charge in [-0.1, -0.05) is 48.0 Å². The van der Waals surface area contributed by atoms with Crippen LogP contribution in [0.3, 0.4) is 0 Å². The second kappa shape index (κ2) is 15.5. The number of hydrogen-bond acceptors (Lipinski definition) is 7. The van der Waals surface area contributed by atoms with Gasteiger partial charge >= 0.3 is 0 Å². The van der Waals surface area contributed by atoms with Crippen LogP contribution in [0.2, 0.25) is 5.02 Å². The van der Waals surface area contributed by atoms with E-state index < -0.39 is 11.8 Å². The third-order valence-corrected chi connectivity index (χ3v) is 7.51. The van der Waals surface area contributed by atoms with E-state index in [4.69, 9.17) is 25.8 Å². The Kier molecular flexibility index (Phi) is 11.3. The number of benzene rings is 4. The van der Waals surface area contributed by atoms with E-state index in [0.717, 1.165) is 4.90 Å². The highest BCUT2D eigenvalue weighted by molar-refractivity contribution is 8.00. The van der Waals surface area contributed by atoms with E-state index in [2.05, 4.69) is 16.0 Å². The highest BCUT2D eigenvalue weighted by Gasteiger charge is 2.17. The van der Waals surface area contributed by atoms with Crippen LogP contribution in [0.4, 0.5) is 11.4 Å². The summed E-state index contributed by atoms with van der Waals surface area (Å²) in [5, 5.41) is 8.68. The molecule has 0 aromatic heterocycles. The topological polar surface area (TPSA) is 115 Å². The Morgan fingerprint density at radius 1 is 0.773 bits per heavy atom. The number of hydrogen-bond donors (Lipinski definition) is 3. The molecule has 0 fully saturated rings. The molecular weight excluding hydrogens is 602 g/mol. The first-order valence-corrected chi connectivity index (χ1v) is 14.6. The van der Waals surface area contributed by atoms with Crippen LogP contribution in [0.1, 0.15) is 15.9 Å². The number of ether oxygens (including phenoxy) is 3. The SMILES string of the molecule is COc1cc(OC)c(NC(=O)CSc2ccc(NC(=O)/C(=C/c3ccccc3OC)NC(=O)c3ccccc3)cc2)cc1Cl. The summed E-state index contributed by atoms with van der Waals surface area (Å²) in [6.45, 7) is 0. The Balaban J connectivity index is 1.42. The standard InChI is InChI=1S/C33H30ClN3O6S/c1-41-28-12-8-7-11-22(28)17-27(37-32(39)21-9-5-4-6-10-21)33(40)35-23-13-15-24(16-14-23)44-20-31(38)36-26-18-25(34)29(42-2)19-30(26)43-3/h4-19H,20H2,1-3H3,(H,35,40)(H,36,38)(H,37,39)/b27-17-. The Morgan fingerprint density at radius 2 is 1.43 bits per heavy atom. The van der Waals surface area contributed by atoms with Gasteiger partial charge in [-0.05, 0) is 54.6 Å². The van der Waals surface area contributed by atoms with Crippen molar-refractivity contribution in [3.05, 3.63) is 113 Å². The van der Waals surface area contributed by atoms with Crippen molar-refractivity contribution in [2.45, 2.75) is 4.90 Å². The molecule has 3 N–H and O–H groups in total. The predicted molar refractivity (Wildman–Crippen MR) is 174 cm³/mol. The molecular formula is C33H30ClN3O6S. The number of nitrogens with one attached hydrogen (secondary N) is 3. The zero-order valence-electron chi connectivity index (χ0n) is 24.2. The minimum absolute atomic E-state index is 0.0348. The van der Waals surface area contributed by atoms with Gasteiger partial charge in [0.05, 0.1) is 37.8 Å². The average molecular weight is 632 g/mol. The molecule has 4 rings (SSSR count). The van der Waals surface area contributed by atoms with Crippen LogP contribution in [0.25, 0.3) is 6.08 Å². The van der Waals surface area contributed by atoms with Crippen LogP contribution in [-0.2, 0) is 9.59 Å². The van der Waals surface area contributed by atoms with Gasteiger partial charge in [0.15, 0.2) is 0 Å². The Morgan fingerprint density at radius 3 is 2.11 bits per heavy atom. The summed E-state index contributed by atoms with van der Waals surface area (Å²) in [6.07, 6.45) is 1.56. The molecule has 0 saturated heterocycles. The zero-order valence-corrected chi connectivity index (χ0v) is 25.8. The van der Waals surface area contributed by atoms with Crippen molar-refractivity contribution in [1.29, 1.82) is 0 Å². The van der Waals surface area contributed by atoms with Gasteiger partial charge in [0.1, 0.15) is 22.9 Å². The van der Waals surface area contributed by atoms with Crippen molar-refractivity contribution < 1.29 is 28.6 Å². The van der Waals surface area contributed by atoms with Gasteiger partial charge < -0.3 is 30.2 Å². The summed E-state index contributed by atoms with van der Waals surface area (Å²) >= 11 is 7.51. The zero-order chi connectivity index (χ0) is 31.5.